The molecular formula is C22H22ClN3O2. The molecule has 28 heavy (non-hydrogen) atoms. The second-order valence-corrected chi connectivity index (χ2v) is 6.89. The lowest BCUT2D eigenvalue weighted by molar-refractivity contribution is -0.115. The number of amides is 2. The molecule has 5 nitrogen and oxygen atoms in total. The van der Waals surface area contributed by atoms with Crippen molar-refractivity contribution in [1.82, 2.24) is 4.98 Å². The van der Waals surface area contributed by atoms with Crippen LogP contribution in [0.5, 0.6) is 0 Å². The molecule has 0 saturated heterocycles. The minimum atomic E-state index is -0.258. The molecular weight excluding hydrogens is 374 g/mol. The van der Waals surface area contributed by atoms with E-state index in [9.17, 15) is 9.59 Å². The second-order valence-electron chi connectivity index (χ2n) is 6.48. The largest absolute Gasteiger partial charge is 0.326 e. The monoisotopic (exact) mass is 395 g/mol. The standard InChI is InChI=1S/C22H22ClN3O2/c1-4-17-13(3)21(15-8-6-7-9-18(15)25-17)22(28)26-19-12-14(10-11-16(19)23)24-20(27)5-2/h6-12H,4-5H2,1-3H3,(H,24,27)(H,26,28). The van der Waals surface area contributed by atoms with Crippen molar-refractivity contribution >= 4 is 45.7 Å². The van der Waals surface area contributed by atoms with Crippen LogP contribution in [0.3, 0.4) is 0 Å². The molecule has 0 bridgehead atoms. The van der Waals surface area contributed by atoms with E-state index in [1.54, 1.807) is 25.1 Å². The molecule has 0 aliphatic rings. The fourth-order valence-electron chi connectivity index (χ4n) is 3.13. The first-order valence-electron chi connectivity index (χ1n) is 9.23. The van der Waals surface area contributed by atoms with Crippen LogP contribution in [0.15, 0.2) is 42.5 Å². The first-order valence-corrected chi connectivity index (χ1v) is 9.61. The van der Waals surface area contributed by atoms with Crippen LogP contribution >= 0.6 is 11.6 Å². The number of fused-ring (bicyclic) bond motifs is 1. The van der Waals surface area contributed by atoms with E-state index in [1.807, 2.05) is 38.1 Å². The number of carbonyl (C=O) groups excluding carboxylic acids is 2. The average molecular weight is 396 g/mol. The molecule has 0 aliphatic carbocycles. The van der Waals surface area contributed by atoms with Gasteiger partial charge in [0.25, 0.3) is 5.91 Å². The third kappa shape index (κ3) is 3.99. The number of rotatable bonds is 5. The van der Waals surface area contributed by atoms with E-state index >= 15 is 0 Å². The molecule has 0 unspecified atom stereocenters. The molecule has 0 atom stereocenters. The van der Waals surface area contributed by atoms with Gasteiger partial charge in [0.15, 0.2) is 0 Å². The Hall–Kier alpha value is -2.92. The Morgan fingerprint density at radius 1 is 1.07 bits per heavy atom. The van der Waals surface area contributed by atoms with E-state index in [0.717, 1.165) is 28.6 Å². The van der Waals surface area contributed by atoms with E-state index in [0.29, 0.717) is 28.4 Å². The Morgan fingerprint density at radius 2 is 1.82 bits per heavy atom. The Morgan fingerprint density at radius 3 is 2.54 bits per heavy atom. The number of aromatic nitrogens is 1. The van der Waals surface area contributed by atoms with Gasteiger partial charge in [0.05, 0.1) is 21.8 Å². The van der Waals surface area contributed by atoms with E-state index in [-0.39, 0.29) is 11.8 Å². The van der Waals surface area contributed by atoms with Crippen LogP contribution in [-0.2, 0) is 11.2 Å². The molecule has 0 saturated carbocycles. The van der Waals surface area contributed by atoms with Gasteiger partial charge in [-0.25, -0.2) is 0 Å². The molecule has 2 N–H and O–H groups in total. The summed E-state index contributed by atoms with van der Waals surface area (Å²) in [6.07, 6.45) is 1.10. The van der Waals surface area contributed by atoms with Crippen molar-refractivity contribution in [2.24, 2.45) is 0 Å². The van der Waals surface area contributed by atoms with Crippen molar-refractivity contribution in [1.29, 1.82) is 0 Å². The van der Waals surface area contributed by atoms with E-state index in [1.165, 1.54) is 0 Å². The fraction of sp³-hybridized carbons (Fsp3) is 0.227. The minimum absolute atomic E-state index is 0.108. The molecule has 0 fully saturated rings. The van der Waals surface area contributed by atoms with Gasteiger partial charge >= 0.3 is 0 Å². The zero-order valence-corrected chi connectivity index (χ0v) is 16.9. The second kappa shape index (κ2) is 8.40. The maximum Gasteiger partial charge on any atom is 0.256 e. The summed E-state index contributed by atoms with van der Waals surface area (Å²) in [6.45, 7) is 5.70. The van der Waals surface area contributed by atoms with Crippen LogP contribution in [-0.4, -0.2) is 16.8 Å². The first-order chi connectivity index (χ1) is 13.4. The molecule has 6 heteroatoms. The van der Waals surface area contributed by atoms with E-state index in [4.69, 9.17) is 11.6 Å². The van der Waals surface area contributed by atoms with Gasteiger partial charge in [-0.2, -0.15) is 0 Å². The summed E-state index contributed by atoms with van der Waals surface area (Å²) in [7, 11) is 0. The number of hydrogen-bond acceptors (Lipinski definition) is 3. The molecule has 3 aromatic rings. The van der Waals surface area contributed by atoms with Gasteiger partial charge in [-0.1, -0.05) is 43.6 Å². The molecule has 0 aliphatic heterocycles. The molecule has 2 aromatic carbocycles. The maximum atomic E-state index is 13.2. The molecule has 144 valence electrons. The van der Waals surface area contributed by atoms with Crippen molar-refractivity contribution in [3.05, 3.63) is 64.3 Å². The average Bonchev–Trinajstić information content (AvgIpc) is 2.69. The number of nitrogens with zero attached hydrogens (tertiary/aromatic N) is 1. The van der Waals surface area contributed by atoms with Crippen molar-refractivity contribution in [2.75, 3.05) is 10.6 Å². The number of aryl methyl sites for hydroxylation is 1. The van der Waals surface area contributed by atoms with Gasteiger partial charge in [-0.3, -0.25) is 14.6 Å². The quantitative estimate of drug-likeness (QED) is 0.610. The van der Waals surface area contributed by atoms with Gasteiger partial charge in [0.2, 0.25) is 5.91 Å². The molecule has 0 spiro atoms. The summed E-state index contributed by atoms with van der Waals surface area (Å²) in [5, 5.41) is 6.86. The van der Waals surface area contributed by atoms with Crippen LogP contribution in [0.4, 0.5) is 11.4 Å². The number of halogens is 1. The van der Waals surface area contributed by atoms with Crippen LogP contribution in [0, 0.1) is 6.92 Å². The number of benzene rings is 2. The van der Waals surface area contributed by atoms with Crippen LogP contribution < -0.4 is 10.6 Å². The number of para-hydroxylation sites is 1. The number of anilines is 2. The summed E-state index contributed by atoms with van der Waals surface area (Å²) in [5.74, 6) is -0.366. The number of carbonyl (C=O) groups is 2. The van der Waals surface area contributed by atoms with Gasteiger partial charge in [0.1, 0.15) is 0 Å². The maximum absolute atomic E-state index is 13.2. The highest BCUT2D eigenvalue weighted by molar-refractivity contribution is 6.34. The summed E-state index contributed by atoms with van der Waals surface area (Å²) in [4.78, 5) is 29.5. The number of hydrogen-bond donors (Lipinski definition) is 2. The zero-order chi connectivity index (χ0) is 20.3. The van der Waals surface area contributed by atoms with Crippen LogP contribution in [0.25, 0.3) is 10.9 Å². The highest BCUT2D eigenvalue weighted by Gasteiger charge is 2.18. The van der Waals surface area contributed by atoms with E-state index < -0.39 is 0 Å². The van der Waals surface area contributed by atoms with Gasteiger partial charge in [0, 0.05) is 23.2 Å². The number of nitrogens with one attached hydrogen (secondary N) is 2. The fourth-order valence-corrected chi connectivity index (χ4v) is 3.29. The molecule has 1 heterocycles. The number of pyridine rings is 1. The lowest BCUT2D eigenvalue weighted by atomic mass is 9.99. The Bertz CT molecular complexity index is 1060. The Labute approximate surface area is 169 Å². The first kappa shape index (κ1) is 19.8. The molecule has 0 radical (unpaired) electrons. The van der Waals surface area contributed by atoms with Crippen molar-refractivity contribution < 1.29 is 9.59 Å². The third-order valence-electron chi connectivity index (χ3n) is 4.62. The van der Waals surface area contributed by atoms with Gasteiger partial charge in [-0.05, 0) is 43.2 Å². The SMILES string of the molecule is CCC(=O)Nc1ccc(Cl)c(NC(=O)c2c(C)c(CC)nc3ccccc23)c1. The van der Waals surface area contributed by atoms with E-state index in [2.05, 4.69) is 15.6 Å². The lowest BCUT2D eigenvalue weighted by Gasteiger charge is -2.15. The van der Waals surface area contributed by atoms with Crippen molar-refractivity contribution in [3.63, 3.8) is 0 Å². The predicted octanol–water partition coefficient (Wildman–Crippen LogP) is 5.36. The molecule has 2 amide bonds. The topological polar surface area (TPSA) is 71.1 Å². The summed E-state index contributed by atoms with van der Waals surface area (Å²) in [5.41, 5.74) is 4.13. The third-order valence-corrected chi connectivity index (χ3v) is 4.95. The molecule has 3 rings (SSSR count). The minimum Gasteiger partial charge on any atom is -0.326 e. The summed E-state index contributed by atoms with van der Waals surface area (Å²) in [6, 6.07) is 12.6. The van der Waals surface area contributed by atoms with Crippen LogP contribution in [0.1, 0.15) is 41.9 Å². The smallest absolute Gasteiger partial charge is 0.256 e. The highest BCUT2D eigenvalue weighted by atomic mass is 35.5. The Kier molecular flexibility index (Phi) is 5.95. The van der Waals surface area contributed by atoms with Crippen LogP contribution in [0.2, 0.25) is 5.02 Å². The normalized spacial score (nSPS) is 10.7. The summed E-state index contributed by atoms with van der Waals surface area (Å²) >= 11 is 6.27. The summed E-state index contributed by atoms with van der Waals surface area (Å²) < 4.78 is 0. The van der Waals surface area contributed by atoms with Crippen molar-refractivity contribution in [2.45, 2.75) is 33.6 Å². The Balaban J connectivity index is 2.01. The van der Waals surface area contributed by atoms with Gasteiger partial charge < -0.3 is 10.6 Å². The lowest BCUT2D eigenvalue weighted by Crippen LogP contribution is -2.16. The highest BCUT2D eigenvalue weighted by Crippen LogP contribution is 2.29. The molecule has 1 aromatic heterocycles. The van der Waals surface area contributed by atoms with Crippen molar-refractivity contribution in [3.8, 4) is 0 Å². The zero-order valence-electron chi connectivity index (χ0n) is 16.1. The van der Waals surface area contributed by atoms with Gasteiger partial charge in [-0.15, -0.1) is 0 Å². The predicted molar refractivity (Wildman–Crippen MR) is 114 cm³/mol.